The number of rotatable bonds is 7. The highest BCUT2D eigenvalue weighted by Crippen LogP contribution is 2.40. The van der Waals surface area contributed by atoms with Crippen LogP contribution in [0, 0.1) is 0 Å². The van der Waals surface area contributed by atoms with Crippen LogP contribution in [0.1, 0.15) is 41.5 Å². The lowest BCUT2D eigenvalue weighted by atomic mass is 9.88. The number of aliphatic hydroxyl groups is 2. The van der Waals surface area contributed by atoms with Gasteiger partial charge in [-0.3, -0.25) is 0 Å². The van der Waals surface area contributed by atoms with Gasteiger partial charge in [-0.25, -0.2) is 4.79 Å². The maximum Gasteiger partial charge on any atom is 0.339 e. The molecule has 3 saturated heterocycles. The van der Waals surface area contributed by atoms with Crippen LogP contribution in [0.15, 0.2) is 25.3 Å². The minimum atomic E-state index is -1.25. The first-order valence-corrected chi connectivity index (χ1v) is 11.2. The molecular formula is C24H40O10. The Morgan fingerprint density at radius 2 is 1.68 bits per heavy atom. The van der Waals surface area contributed by atoms with E-state index in [0.717, 1.165) is 0 Å². The molecule has 0 bridgehead atoms. The molecule has 0 aliphatic carbocycles. The Morgan fingerprint density at radius 1 is 1.09 bits per heavy atom. The maximum atomic E-state index is 11.9. The van der Waals surface area contributed by atoms with Crippen LogP contribution in [0.25, 0.3) is 0 Å². The summed E-state index contributed by atoms with van der Waals surface area (Å²) in [4.78, 5) is 11.9. The number of carbonyl (C=O) groups is 1. The van der Waals surface area contributed by atoms with Crippen molar-refractivity contribution in [1.82, 2.24) is 0 Å². The first kappa shape index (κ1) is 28.9. The number of aliphatic hydroxyl groups excluding tert-OH is 1. The van der Waals surface area contributed by atoms with Crippen LogP contribution in [0.3, 0.4) is 0 Å². The zero-order valence-electron chi connectivity index (χ0n) is 21.4. The fraction of sp³-hybridized carbons (Fsp3) is 0.792. The van der Waals surface area contributed by atoms with Crippen LogP contribution in [0.4, 0.5) is 0 Å². The quantitative estimate of drug-likeness (QED) is 0.402. The Kier molecular flexibility index (Phi) is 8.76. The van der Waals surface area contributed by atoms with Crippen molar-refractivity contribution in [2.24, 2.45) is 0 Å². The zero-order chi connectivity index (χ0) is 26.1. The molecule has 0 aromatic rings. The van der Waals surface area contributed by atoms with Crippen LogP contribution in [0.2, 0.25) is 0 Å². The molecule has 0 aromatic carbocycles. The Hall–Kier alpha value is -1.37. The number of esters is 1. The Labute approximate surface area is 201 Å². The smallest absolute Gasteiger partial charge is 0.339 e. The molecule has 0 unspecified atom stereocenters. The first-order valence-electron chi connectivity index (χ1n) is 11.2. The Balaban J connectivity index is 0.000000240. The highest BCUT2D eigenvalue weighted by Gasteiger charge is 2.59. The standard InChI is InChI=1S/C12H18O5.C12H22O5/c1-6-12(4)9(14-5)7-8(10(13)17-12)16-11(2,3)15-7;1-6-12(4,14)10(15-5)9-8(7-13)16-11(2,3)17-9/h6-9H,1H2,2-5H3;6,8-10,13-14H,1,7H2,2-5H3/t7-,8+,9+,12-;8-,9-,10+,12-/m00/s1. The summed E-state index contributed by atoms with van der Waals surface area (Å²) in [5, 5.41) is 19.5. The van der Waals surface area contributed by atoms with Crippen LogP contribution in [0.5, 0.6) is 0 Å². The van der Waals surface area contributed by atoms with E-state index in [1.165, 1.54) is 13.2 Å². The molecular weight excluding hydrogens is 448 g/mol. The molecule has 34 heavy (non-hydrogen) atoms. The van der Waals surface area contributed by atoms with Crippen molar-refractivity contribution < 1.29 is 48.2 Å². The number of cyclic esters (lactones) is 1. The summed E-state index contributed by atoms with van der Waals surface area (Å²) in [7, 11) is 3.03. The van der Waals surface area contributed by atoms with Crippen LogP contribution in [-0.4, -0.2) is 96.4 Å². The molecule has 3 heterocycles. The molecule has 3 fully saturated rings. The topological polar surface area (TPSA) is 122 Å². The van der Waals surface area contributed by atoms with Gasteiger partial charge >= 0.3 is 5.97 Å². The summed E-state index contributed by atoms with van der Waals surface area (Å²) < 4.78 is 38.5. The predicted molar refractivity (Wildman–Crippen MR) is 122 cm³/mol. The van der Waals surface area contributed by atoms with Gasteiger partial charge in [0, 0.05) is 14.2 Å². The third-order valence-electron chi connectivity index (χ3n) is 6.15. The maximum absolute atomic E-state index is 11.9. The molecule has 0 amide bonds. The van der Waals surface area contributed by atoms with E-state index in [1.807, 2.05) is 0 Å². The molecule has 10 nitrogen and oxygen atoms in total. The monoisotopic (exact) mass is 488 g/mol. The van der Waals surface area contributed by atoms with Gasteiger partial charge < -0.3 is 43.4 Å². The lowest BCUT2D eigenvalue weighted by molar-refractivity contribution is -0.203. The predicted octanol–water partition coefficient (Wildman–Crippen LogP) is 1.47. The van der Waals surface area contributed by atoms with Crippen molar-refractivity contribution in [3.63, 3.8) is 0 Å². The van der Waals surface area contributed by atoms with Gasteiger partial charge in [0.1, 0.15) is 36.1 Å². The van der Waals surface area contributed by atoms with E-state index in [0.29, 0.717) is 0 Å². The lowest BCUT2D eigenvalue weighted by Gasteiger charge is -2.41. The van der Waals surface area contributed by atoms with Gasteiger partial charge in [0.25, 0.3) is 0 Å². The third kappa shape index (κ3) is 5.88. The van der Waals surface area contributed by atoms with E-state index in [4.69, 9.17) is 33.2 Å². The average Bonchev–Trinajstić information content (AvgIpc) is 3.23. The van der Waals surface area contributed by atoms with Crippen LogP contribution < -0.4 is 0 Å². The SMILES string of the molecule is C=C[C@](C)(O)[C@H](OC)[C@H]1OC(C)(C)O[C@H]1CO.C=C[C@]1(C)OC(=O)[C@@H]2OC(C)(C)O[C@@H]2[C@H]1OC. The van der Waals surface area contributed by atoms with Gasteiger partial charge in [-0.1, -0.05) is 12.7 Å². The summed E-state index contributed by atoms with van der Waals surface area (Å²) in [5.41, 5.74) is -2.15. The van der Waals surface area contributed by atoms with E-state index in [9.17, 15) is 15.0 Å². The summed E-state index contributed by atoms with van der Waals surface area (Å²) in [6, 6.07) is 0. The molecule has 0 aromatic heterocycles. The van der Waals surface area contributed by atoms with E-state index < -0.39 is 65.4 Å². The van der Waals surface area contributed by atoms with Crippen molar-refractivity contribution in [2.75, 3.05) is 20.8 Å². The molecule has 8 atom stereocenters. The highest BCUT2D eigenvalue weighted by atomic mass is 16.8. The van der Waals surface area contributed by atoms with Crippen LogP contribution in [-0.2, 0) is 38.0 Å². The Bertz CT molecular complexity index is 748. The second-order valence-corrected chi connectivity index (χ2v) is 9.89. The summed E-state index contributed by atoms with van der Waals surface area (Å²) in [6.07, 6.45) is -0.408. The minimum Gasteiger partial charge on any atom is -0.450 e. The van der Waals surface area contributed by atoms with Crippen molar-refractivity contribution >= 4 is 5.97 Å². The molecule has 3 rings (SSSR count). The number of hydrogen-bond donors (Lipinski definition) is 2. The summed E-state index contributed by atoms with van der Waals surface area (Å²) in [5.74, 6) is -2.04. The molecule has 3 aliphatic heterocycles. The molecule has 196 valence electrons. The van der Waals surface area contributed by atoms with Crippen molar-refractivity contribution in [2.45, 2.75) is 101 Å². The first-order chi connectivity index (χ1) is 15.6. The highest BCUT2D eigenvalue weighted by molar-refractivity contribution is 5.78. The summed E-state index contributed by atoms with van der Waals surface area (Å²) >= 11 is 0. The number of carbonyl (C=O) groups excluding carboxylic acids is 1. The lowest BCUT2D eigenvalue weighted by Crippen LogP contribution is -2.60. The largest absolute Gasteiger partial charge is 0.450 e. The van der Waals surface area contributed by atoms with Gasteiger partial charge in [0.2, 0.25) is 0 Å². The van der Waals surface area contributed by atoms with Crippen molar-refractivity contribution in [3.8, 4) is 0 Å². The van der Waals surface area contributed by atoms with Crippen molar-refractivity contribution in [3.05, 3.63) is 25.3 Å². The van der Waals surface area contributed by atoms with Gasteiger partial charge in [-0.05, 0) is 47.6 Å². The molecule has 0 saturated carbocycles. The van der Waals surface area contributed by atoms with E-state index in [1.54, 1.807) is 54.7 Å². The minimum absolute atomic E-state index is 0.193. The molecule has 10 heteroatoms. The zero-order valence-corrected chi connectivity index (χ0v) is 21.4. The van der Waals surface area contributed by atoms with Gasteiger partial charge in [0.05, 0.1) is 6.61 Å². The second kappa shape index (κ2) is 10.3. The Morgan fingerprint density at radius 3 is 2.15 bits per heavy atom. The van der Waals surface area contributed by atoms with E-state index in [-0.39, 0.29) is 6.61 Å². The third-order valence-corrected chi connectivity index (χ3v) is 6.15. The number of fused-ring (bicyclic) bond motifs is 1. The number of ether oxygens (including phenoxy) is 7. The van der Waals surface area contributed by atoms with E-state index >= 15 is 0 Å². The van der Waals surface area contributed by atoms with Crippen molar-refractivity contribution in [1.29, 1.82) is 0 Å². The molecule has 2 N–H and O–H groups in total. The fourth-order valence-corrected chi connectivity index (χ4v) is 4.46. The fourth-order valence-electron chi connectivity index (χ4n) is 4.46. The van der Waals surface area contributed by atoms with E-state index in [2.05, 4.69) is 13.2 Å². The molecule has 0 spiro atoms. The van der Waals surface area contributed by atoms with Gasteiger partial charge in [0.15, 0.2) is 23.3 Å². The normalized spacial score (nSPS) is 38.5. The van der Waals surface area contributed by atoms with Crippen LogP contribution >= 0.6 is 0 Å². The second-order valence-electron chi connectivity index (χ2n) is 9.89. The molecule has 3 aliphatic rings. The number of methoxy groups -OCH3 is 2. The van der Waals surface area contributed by atoms with Gasteiger partial charge in [-0.15, -0.1) is 6.58 Å². The average molecular weight is 489 g/mol. The molecule has 0 radical (unpaired) electrons. The summed E-state index contributed by atoms with van der Waals surface area (Å²) in [6.45, 7) is 17.4. The number of hydrogen-bond acceptors (Lipinski definition) is 10. The van der Waals surface area contributed by atoms with Gasteiger partial charge in [-0.2, -0.15) is 0 Å².